The number of carbonyl (C=O) groups is 3. The van der Waals surface area contributed by atoms with Crippen LogP contribution in [0.1, 0.15) is 363 Å². The lowest BCUT2D eigenvalue weighted by Gasteiger charge is -2.18. The molecule has 0 unspecified atom stereocenters. The van der Waals surface area contributed by atoms with E-state index in [0.717, 1.165) is 75.5 Å². The molecule has 1 atom stereocenters. The Morgan fingerprint density at radius 1 is 0.239 bits per heavy atom. The molecular formula is C65H126O6. The first kappa shape index (κ1) is 69.4. The molecule has 0 aliphatic heterocycles. The van der Waals surface area contributed by atoms with Crippen molar-refractivity contribution in [1.82, 2.24) is 0 Å². The standard InChI is InChI=1S/C65H126O6/c1-59(2)51-45-39-33-27-21-15-11-9-7-8-10-12-18-26-32-38-44-50-56-65(68)71-62(58-70-64(67)55-49-43-37-31-25-20-19-23-29-35-41-47-53-61(5)6)57-69-63(66)54-48-42-36-30-24-17-14-13-16-22-28-34-40-46-52-60(3)4/h59-62H,7-58H2,1-6H3/t62-/m0/s1. The third-order valence-electron chi connectivity index (χ3n) is 14.9. The molecule has 0 radical (unpaired) electrons. The Bertz CT molecular complexity index is 1100. The quantitative estimate of drug-likeness (QED) is 0.0343. The van der Waals surface area contributed by atoms with Gasteiger partial charge in [-0.2, -0.15) is 0 Å². The van der Waals surface area contributed by atoms with Crippen molar-refractivity contribution in [3.05, 3.63) is 0 Å². The third kappa shape index (κ3) is 59.2. The number of hydrogen-bond donors (Lipinski definition) is 0. The summed E-state index contributed by atoms with van der Waals surface area (Å²) in [6.45, 7) is 13.8. The van der Waals surface area contributed by atoms with Crippen molar-refractivity contribution in [3.63, 3.8) is 0 Å². The zero-order valence-corrected chi connectivity index (χ0v) is 49.0. The van der Waals surface area contributed by atoms with Gasteiger partial charge >= 0.3 is 17.9 Å². The molecular weight excluding hydrogens is 877 g/mol. The summed E-state index contributed by atoms with van der Waals surface area (Å²) in [7, 11) is 0. The van der Waals surface area contributed by atoms with Gasteiger partial charge in [0.2, 0.25) is 0 Å². The van der Waals surface area contributed by atoms with E-state index in [1.54, 1.807) is 0 Å². The minimum absolute atomic E-state index is 0.0626. The summed E-state index contributed by atoms with van der Waals surface area (Å²) in [5, 5.41) is 0. The van der Waals surface area contributed by atoms with Crippen LogP contribution in [0.3, 0.4) is 0 Å². The van der Waals surface area contributed by atoms with Crippen LogP contribution in [-0.4, -0.2) is 37.2 Å². The van der Waals surface area contributed by atoms with Crippen molar-refractivity contribution in [2.45, 2.75) is 369 Å². The van der Waals surface area contributed by atoms with E-state index in [9.17, 15) is 14.4 Å². The van der Waals surface area contributed by atoms with E-state index in [1.807, 2.05) is 0 Å². The fourth-order valence-corrected chi connectivity index (χ4v) is 10.1. The van der Waals surface area contributed by atoms with Gasteiger partial charge in [0.15, 0.2) is 6.10 Å². The number of hydrogen-bond acceptors (Lipinski definition) is 6. The van der Waals surface area contributed by atoms with E-state index in [0.29, 0.717) is 19.3 Å². The number of carbonyl (C=O) groups excluding carboxylic acids is 3. The first-order chi connectivity index (χ1) is 34.6. The Hall–Kier alpha value is -1.59. The Kier molecular flexibility index (Phi) is 54.9. The molecule has 0 heterocycles. The molecule has 0 aromatic carbocycles. The van der Waals surface area contributed by atoms with Crippen molar-refractivity contribution in [2.24, 2.45) is 17.8 Å². The van der Waals surface area contributed by atoms with Crippen molar-refractivity contribution in [3.8, 4) is 0 Å². The molecule has 71 heavy (non-hydrogen) atoms. The van der Waals surface area contributed by atoms with E-state index in [4.69, 9.17) is 14.2 Å². The minimum Gasteiger partial charge on any atom is -0.462 e. The van der Waals surface area contributed by atoms with Gasteiger partial charge < -0.3 is 14.2 Å². The average molecular weight is 1000 g/mol. The fourth-order valence-electron chi connectivity index (χ4n) is 10.1. The first-order valence-electron chi connectivity index (χ1n) is 32.1. The molecule has 0 amide bonds. The molecule has 0 aromatic rings. The van der Waals surface area contributed by atoms with Crippen LogP contribution in [-0.2, 0) is 28.6 Å². The predicted molar refractivity (Wildman–Crippen MR) is 307 cm³/mol. The van der Waals surface area contributed by atoms with Crippen molar-refractivity contribution in [1.29, 1.82) is 0 Å². The molecule has 0 spiro atoms. The fraction of sp³-hybridized carbons (Fsp3) is 0.954. The highest BCUT2D eigenvalue weighted by Crippen LogP contribution is 2.19. The molecule has 0 aliphatic carbocycles. The Morgan fingerprint density at radius 3 is 0.606 bits per heavy atom. The molecule has 6 nitrogen and oxygen atoms in total. The van der Waals surface area contributed by atoms with Gasteiger partial charge in [-0.3, -0.25) is 14.4 Å². The molecule has 0 rings (SSSR count). The van der Waals surface area contributed by atoms with Crippen LogP contribution in [0.2, 0.25) is 0 Å². The number of esters is 3. The highest BCUT2D eigenvalue weighted by Gasteiger charge is 2.19. The number of unbranched alkanes of at least 4 members (excludes halogenated alkanes) is 41. The van der Waals surface area contributed by atoms with E-state index in [1.165, 1.54) is 244 Å². The van der Waals surface area contributed by atoms with Crippen LogP contribution in [0, 0.1) is 17.8 Å². The monoisotopic (exact) mass is 1000 g/mol. The Balaban J connectivity index is 4.28. The minimum atomic E-state index is -0.764. The predicted octanol–water partition coefficient (Wildman–Crippen LogP) is 21.5. The lowest BCUT2D eigenvalue weighted by molar-refractivity contribution is -0.167. The van der Waals surface area contributed by atoms with Gasteiger partial charge in [-0.15, -0.1) is 0 Å². The summed E-state index contributed by atoms with van der Waals surface area (Å²) in [6, 6.07) is 0. The van der Waals surface area contributed by atoms with Crippen LogP contribution in [0.15, 0.2) is 0 Å². The van der Waals surface area contributed by atoms with Crippen molar-refractivity contribution < 1.29 is 28.6 Å². The lowest BCUT2D eigenvalue weighted by atomic mass is 10.0. The smallest absolute Gasteiger partial charge is 0.306 e. The maximum absolute atomic E-state index is 12.9. The number of ether oxygens (including phenoxy) is 3. The molecule has 0 saturated heterocycles. The Labute approximate surface area is 444 Å². The van der Waals surface area contributed by atoms with Gasteiger partial charge in [-0.25, -0.2) is 0 Å². The van der Waals surface area contributed by atoms with Gasteiger partial charge in [0.05, 0.1) is 0 Å². The summed E-state index contributed by atoms with van der Waals surface area (Å²) in [4.78, 5) is 38.3. The van der Waals surface area contributed by atoms with E-state index in [2.05, 4.69) is 41.5 Å². The second-order valence-electron chi connectivity index (χ2n) is 23.8. The summed E-state index contributed by atoms with van der Waals surface area (Å²) < 4.78 is 17.0. The molecule has 0 bridgehead atoms. The largest absolute Gasteiger partial charge is 0.462 e. The van der Waals surface area contributed by atoms with Crippen molar-refractivity contribution >= 4 is 17.9 Å². The zero-order valence-electron chi connectivity index (χ0n) is 49.0. The van der Waals surface area contributed by atoms with Crippen LogP contribution in [0.25, 0.3) is 0 Å². The SMILES string of the molecule is CC(C)CCCCCCCCCCCCCCCCCCCCC(=O)O[C@@H](COC(=O)CCCCCCCCCCCCCCCCC(C)C)COC(=O)CCCCCCCCCCCCCCC(C)C. The molecule has 422 valence electrons. The Morgan fingerprint density at radius 2 is 0.408 bits per heavy atom. The van der Waals surface area contributed by atoms with Gasteiger partial charge in [-0.05, 0) is 37.0 Å². The summed E-state index contributed by atoms with van der Waals surface area (Å²) >= 11 is 0. The van der Waals surface area contributed by atoms with Crippen molar-refractivity contribution in [2.75, 3.05) is 13.2 Å². The normalized spacial score (nSPS) is 12.1. The van der Waals surface area contributed by atoms with Crippen LogP contribution >= 0.6 is 0 Å². The molecule has 0 aromatic heterocycles. The summed E-state index contributed by atoms with van der Waals surface area (Å²) in [5.41, 5.74) is 0. The topological polar surface area (TPSA) is 78.9 Å². The maximum atomic E-state index is 12.9. The van der Waals surface area contributed by atoms with E-state index in [-0.39, 0.29) is 31.1 Å². The lowest BCUT2D eigenvalue weighted by Crippen LogP contribution is -2.30. The first-order valence-corrected chi connectivity index (χ1v) is 32.1. The highest BCUT2D eigenvalue weighted by atomic mass is 16.6. The van der Waals surface area contributed by atoms with E-state index >= 15 is 0 Å². The third-order valence-corrected chi connectivity index (χ3v) is 14.9. The average Bonchev–Trinajstić information content (AvgIpc) is 3.33. The van der Waals surface area contributed by atoms with Crippen LogP contribution in [0.4, 0.5) is 0 Å². The molecule has 0 N–H and O–H groups in total. The van der Waals surface area contributed by atoms with Gasteiger partial charge in [0.25, 0.3) is 0 Å². The number of rotatable bonds is 58. The second-order valence-corrected chi connectivity index (χ2v) is 23.8. The van der Waals surface area contributed by atoms with Gasteiger partial charge in [0.1, 0.15) is 13.2 Å². The highest BCUT2D eigenvalue weighted by molar-refractivity contribution is 5.71. The zero-order chi connectivity index (χ0) is 51.9. The summed E-state index contributed by atoms with van der Waals surface area (Å²) in [5.74, 6) is 1.70. The van der Waals surface area contributed by atoms with Gasteiger partial charge in [0, 0.05) is 19.3 Å². The van der Waals surface area contributed by atoms with Crippen LogP contribution < -0.4 is 0 Å². The molecule has 0 fully saturated rings. The molecule has 0 aliphatic rings. The van der Waals surface area contributed by atoms with Crippen LogP contribution in [0.5, 0.6) is 0 Å². The summed E-state index contributed by atoms with van der Waals surface area (Å²) in [6.07, 6.45) is 61.0. The molecule has 6 heteroatoms. The molecule has 0 saturated carbocycles. The van der Waals surface area contributed by atoms with Gasteiger partial charge in [-0.1, -0.05) is 324 Å². The second kappa shape index (κ2) is 56.1. The maximum Gasteiger partial charge on any atom is 0.306 e. The van der Waals surface area contributed by atoms with E-state index < -0.39 is 6.10 Å².